The molecule has 0 amide bonds. The molecular formula is C22H24N4O. The normalized spacial score (nSPS) is 11.1. The first kappa shape index (κ1) is 17.4. The average Bonchev–Trinajstić information content (AvgIpc) is 3.13. The second-order valence-electron chi connectivity index (χ2n) is 6.54. The number of hydrogen-bond donors (Lipinski definition) is 3. The summed E-state index contributed by atoms with van der Waals surface area (Å²) < 4.78 is 5.49. The van der Waals surface area contributed by atoms with Crippen LogP contribution in [0, 0.1) is 0 Å². The lowest BCUT2D eigenvalue weighted by atomic mass is 10.2. The smallest absolute Gasteiger partial charge is 0.131 e. The van der Waals surface area contributed by atoms with Crippen molar-refractivity contribution in [2.24, 2.45) is 0 Å². The van der Waals surface area contributed by atoms with Crippen LogP contribution < -0.4 is 15.4 Å². The molecule has 5 nitrogen and oxygen atoms in total. The van der Waals surface area contributed by atoms with Gasteiger partial charge in [0.05, 0.1) is 12.6 Å². The van der Waals surface area contributed by atoms with Crippen molar-refractivity contribution >= 4 is 27.6 Å². The summed E-state index contributed by atoms with van der Waals surface area (Å²) >= 11 is 0. The van der Waals surface area contributed by atoms with Crippen LogP contribution in [-0.2, 0) is 6.54 Å². The molecule has 3 N–H and O–H groups in total. The van der Waals surface area contributed by atoms with Gasteiger partial charge in [-0.25, -0.2) is 4.98 Å². The number of hydrogen-bond acceptors (Lipinski definition) is 4. The molecule has 0 saturated heterocycles. The number of pyridine rings is 1. The van der Waals surface area contributed by atoms with Crippen LogP contribution in [0.1, 0.15) is 12.0 Å². The number of benzene rings is 2. The topological polar surface area (TPSA) is 62.0 Å². The van der Waals surface area contributed by atoms with E-state index in [0.717, 1.165) is 48.5 Å². The van der Waals surface area contributed by atoms with Gasteiger partial charge in [-0.05, 0) is 36.7 Å². The number of nitrogens with one attached hydrogen (secondary N) is 3. The molecule has 0 spiro atoms. The van der Waals surface area contributed by atoms with Crippen molar-refractivity contribution in [3.8, 4) is 5.75 Å². The first-order valence-corrected chi connectivity index (χ1v) is 9.28. The second-order valence-corrected chi connectivity index (χ2v) is 6.54. The molecule has 4 rings (SSSR count). The Kier molecular flexibility index (Phi) is 5.21. The van der Waals surface area contributed by atoms with Gasteiger partial charge in [-0.1, -0.05) is 30.3 Å². The van der Waals surface area contributed by atoms with Gasteiger partial charge in [0, 0.05) is 41.6 Å². The molecule has 0 saturated carbocycles. The third kappa shape index (κ3) is 3.88. The number of para-hydroxylation sites is 2. The maximum Gasteiger partial charge on any atom is 0.131 e. The lowest BCUT2D eigenvalue weighted by Gasteiger charge is -2.10. The molecule has 0 aliphatic rings. The summed E-state index contributed by atoms with van der Waals surface area (Å²) in [5, 5.41) is 9.23. The first-order valence-electron chi connectivity index (χ1n) is 9.28. The van der Waals surface area contributed by atoms with Crippen molar-refractivity contribution in [2.75, 3.05) is 25.5 Å². The highest BCUT2D eigenvalue weighted by Crippen LogP contribution is 2.26. The average molecular weight is 360 g/mol. The van der Waals surface area contributed by atoms with Crippen molar-refractivity contribution < 1.29 is 4.74 Å². The zero-order valence-electron chi connectivity index (χ0n) is 15.5. The van der Waals surface area contributed by atoms with E-state index in [0.29, 0.717) is 0 Å². The van der Waals surface area contributed by atoms with E-state index in [1.54, 1.807) is 7.11 Å². The number of anilines is 1. The number of methoxy groups -OCH3 is 1. The summed E-state index contributed by atoms with van der Waals surface area (Å²) in [5.74, 6) is 1.70. The summed E-state index contributed by atoms with van der Waals surface area (Å²) in [6, 6.07) is 18.4. The largest absolute Gasteiger partial charge is 0.496 e. The van der Waals surface area contributed by atoms with Gasteiger partial charge < -0.3 is 20.4 Å². The molecule has 138 valence electrons. The molecule has 0 bridgehead atoms. The molecule has 0 unspecified atom stereocenters. The molecule has 27 heavy (non-hydrogen) atoms. The number of aromatic nitrogens is 2. The maximum absolute atomic E-state index is 5.49. The van der Waals surface area contributed by atoms with Gasteiger partial charge in [-0.15, -0.1) is 0 Å². The van der Waals surface area contributed by atoms with Crippen LogP contribution in [0.25, 0.3) is 21.8 Å². The maximum atomic E-state index is 5.49. The molecule has 0 aliphatic carbocycles. The van der Waals surface area contributed by atoms with E-state index in [-0.39, 0.29) is 0 Å². The predicted molar refractivity (Wildman–Crippen MR) is 111 cm³/mol. The fraction of sp³-hybridized carbons (Fsp3) is 0.227. The van der Waals surface area contributed by atoms with Crippen LogP contribution in [0.5, 0.6) is 5.75 Å². The van der Waals surface area contributed by atoms with Crippen LogP contribution in [-0.4, -0.2) is 30.2 Å². The zero-order chi connectivity index (χ0) is 18.5. The SMILES string of the molecule is COc1cc(NCCCNCc2c[nH]c3ccccc23)nc2ccccc12. The third-order valence-electron chi connectivity index (χ3n) is 4.72. The zero-order valence-corrected chi connectivity index (χ0v) is 15.5. The highest BCUT2D eigenvalue weighted by Gasteiger charge is 2.05. The van der Waals surface area contributed by atoms with Crippen molar-refractivity contribution in [2.45, 2.75) is 13.0 Å². The highest BCUT2D eigenvalue weighted by molar-refractivity contribution is 5.86. The van der Waals surface area contributed by atoms with E-state index in [1.807, 2.05) is 30.3 Å². The Morgan fingerprint density at radius 2 is 1.81 bits per heavy atom. The minimum absolute atomic E-state index is 0.848. The van der Waals surface area contributed by atoms with Crippen molar-refractivity contribution in [3.05, 3.63) is 66.4 Å². The lowest BCUT2D eigenvalue weighted by Crippen LogP contribution is -2.17. The molecule has 2 aromatic heterocycles. The summed E-state index contributed by atoms with van der Waals surface area (Å²) in [6.45, 7) is 2.67. The molecule has 0 radical (unpaired) electrons. The minimum atomic E-state index is 0.848. The number of H-pyrrole nitrogens is 1. The van der Waals surface area contributed by atoms with Gasteiger partial charge in [-0.3, -0.25) is 0 Å². The van der Waals surface area contributed by atoms with E-state index in [1.165, 1.54) is 16.5 Å². The van der Waals surface area contributed by atoms with Crippen molar-refractivity contribution in [3.63, 3.8) is 0 Å². The quantitative estimate of drug-likeness (QED) is 0.410. The van der Waals surface area contributed by atoms with E-state index in [2.05, 4.69) is 51.1 Å². The second kappa shape index (κ2) is 8.10. The van der Waals surface area contributed by atoms with Crippen LogP contribution in [0.4, 0.5) is 5.82 Å². The Labute approximate surface area is 158 Å². The minimum Gasteiger partial charge on any atom is -0.496 e. The van der Waals surface area contributed by atoms with Gasteiger partial charge in [0.25, 0.3) is 0 Å². The van der Waals surface area contributed by atoms with Crippen LogP contribution in [0.3, 0.4) is 0 Å². The summed E-state index contributed by atoms with van der Waals surface area (Å²) in [4.78, 5) is 7.98. The molecular weight excluding hydrogens is 336 g/mol. The molecule has 2 aromatic carbocycles. The van der Waals surface area contributed by atoms with Crippen LogP contribution in [0.15, 0.2) is 60.8 Å². The van der Waals surface area contributed by atoms with E-state index in [9.17, 15) is 0 Å². The van der Waals surface area contributed by atoms with Gasteiger partial charge in [0.1, 0.15) is 11.6 Å². The summed E-state index contributed by atoms with van der Waals surface area (Å²) in [5.41, 5.74) is 3.43. The third-order valence-corrected chi connectivity index (χ3v) is 4.72. The molecule has 0 aliphatic heterocycles. The monoisotopic (exact) mass is 360 g/mol. The predicted octanol–water partition coefficient (Wildman–Crippen LogP) is 4.32. The Balaban J connectivity index is 1.27. The number of fused-ring (bicyclic) bond motifs is 2. The lowest BCUT2D eigenvalue weighted by molar-refractivity contribution is 0.419. The number of ether oxygens (including phenoxy) is 1. The Morgan fingerprint density at radius 3 is 2.70 bits per heavy atom. The fourth-order valence-electron chi connectivity index (χ4n) is 3.33. The van der Waals surface area contributed by atoms with Gasteiger partial charge in [-0.2, -0.15) is 0 Å². The highest BCUT2D eigenvalue weighted by atomic mass is 16.5. The van der Waals surface area contributed by atoms with E-state index < -0.39 is 0 Å². The van der Waals surface area contributed by atoms with Gasteiger partial charge in [0.15, 0.2) is 0 Å². The molecule has 5 heteroatoms. The van der Waals surface area contributed by atoms with Crippen molar-refractivity contribution in [1.82, 2.24) is 15.3 Å². The Bertz CT molecular complexity index is 1040. The van der Waals surface area contributed by atoms with E-state index >= 15 is 0 Å². The Hall–Kier alpha value is -3.05. The molecule has 0 atom stereocenters. The van der Waals surface area contributed by atoms with Crippen LogP contribution >= 0.6 is 0 Å². The number of rotatable bonds is 8. The summed E-state index contributed by atoms with van der Waals surface area (Å²) in [7, 11) is 1.69. The molecule has 2 heterocycles. The standard InChI is InChI=1S/C22H24N4O/c1-27-21-13-22(26-20-10-5-3-8-18(20)21)24-12-6-11-23-14-16-15-25-19-9-4-2-7-17(16)19/h2-5,7-10,13,15,23,25H,6,11-12,14H2,1H3,(H,24,26). The van der Waals surface area contributed by atoms with Gasteiger partial charge >= 0.3 is 0 Å². The molecule has 4 aromatic rings. The number of aromatic amines is 1. The Morgan fingerprint density at radius 1 is 1.00 bits per heavy atom. The van der Waals surface area contributed by atoms with Crippen LogP contribution in [0.2, 0.25) is 0 Å². The van der Waals surface area contributed by atoms with E-state index in [4.69, 9.17) is 4.74 Å². The fourth-order valence-corrected chi connectivity index (χ4v) is 3.33. The number of nitrogens with zero attached hydrogens (tertiary/aromatic N) is 1. The van der Waals surface area contributed by atoms with Gasteiger partial charge in [0.2, 0.25) is 0 Å². The molecule has 0 fully saturated rings. The van der Waals surface area contributed by atoms with Crippen molar-refractivity contribution in [1.29, 1.82) is 0 Å². The first-order chi connectivity index (χ1) is 13.3. The summed E-state index contributed by atoms with van der Waals surface area (Å²) in [6.07, 6.45) is 3.10.